The Morgan fingerprint density at radius 3 is 2.84 bits per heavy atom. The molecule has 3 N–H and O–H groups in total. The van der Waals surface area contributed by atoms with Crippen LogP contribution in [0.5, 0.6) is 5.75 Å². The van der Waals surface area contributed by atoms with E-state index in [0.29, 0.717) is 12.3 Å². The predicted molar refractivity (Wildman–Crippen MR) is 80.9 cm³/mol. The molecule has 1 aromatic carbocycles. The first-order valence-corrected chi connectivity index (χ1v) is 7.12. The number of nitrogens with one attached hydrogen (secondary N) is 1. The van der Waals surface area contributed by atoms with E-state index in [1.165, 1.54) is 4.88 Å². The first-order valence-electron chi connectivity index (χ1n) is 6.30. The summed E-state index contributed by atoms with van der Waals surface area (Å²) in [5.41, 5.74) is 7.51. The van der Waals surface area contributed by atoms with Crippen LogP contribution >= 0.6 is 11.3 Å². The molecule has 0 amide bonds. The number of nitrogens with zero attached hydrogens (tertiary/aromatic N) is 1. The minimum atomic E-state index is 0.148. The zero-order chi connectivity index (χ0) is 13.8. The molecule has 0 aliphatic rings. The number of anilines is 2. The summed E-state index contributed by atoms with van der Waals surface area (Å²) < 4.78 is 5.49. The van der Waals surface area contributed by atoms with Crippen LogP contribution in [0.3, 0.4) is 0 Å². The van der Waals surface area contributed by atoms with Crippen molar-refractivity contribution in [3.8, 4) is 5.75 Å². The van der Waals surface area contributed by atoms with Crippen LogP contribution in [0.15, 0.2) is 24.4 Å². The topological polar surface area (TPSA) is 60.2 Å². The van der Waals surface area contributed by atoms with Gasteiger partial charge in [-0.15, -0.1) is 11.3 Å². The number of nitrogen functional groups attached to an aromatic ring is 1. The minimum absolute atomic E-state index is 0.148. The molecule has 0 spiro atoms. The standard InChI is InChI=1S/C14H19N3OS/c1-4-18-13-6-11(15)5-12(7-13)17-10(3)14-16-8-9(2)19-14/h5-8,10,17H,4,15H2,1-3H3. The van der Waals surface area contributed by atoms with E-state index in [1.54, 1.807) is 11.3 Å². The molecule has 102 valence electrons. The van der Waals surface area contributed by atoms with Gasteiger partial charge < -0.3 is 15.8 Å². The monoisotopic (exact) mass is 277 g/mol. The Morgan fingerprint density at radius 2 is 2.21 bits per heavy atom. The molecule has 5 heteroatoms. The van der Waals surface area contributed by atoms with E-state index < -0.39 is 0 Å². The van der Waals surface area contributed by atoms with Gasteiger partial charge in [-0.05, 0) is 26.8 Å². The molecule has 0 fully saturated rings. The van der Waals surface area contributed by atoms with Crippen molar-refractivity contribution < 1.29 is 4.74 Å². The van der Waals surface area contributed by atoms with Crippen molar-refractivity contribution in [2.75, 3.05) is 17.7 Å². The van der Waals surface area contributed by atoms with Crippen molar-refractivity contribution in [3.63, 3.8) is 0 Å². The summed E-state index contributed by atoms with van der Waals surface area (Å²) in [6, 6.07) is 5.83. The molecule has 0 aliphatic carbocycles. The Morgan fingerprint density at radius 1 is 1.42 bits per heavy atom. The van der Waals surface area contributed by atoms with Gasteiger partial charge in [-0.1, -0.05) is 0 Å². The maximum atomic E-state index is 5.88. The van der Waals surface area contributed by atoms with Crippen LogP contribution in [-0.4, -0.2) is 11.6 Å². The fourth-order valence-corrected chi connectivity index (χ4v) is 2.62. The lowest BCUT2D eigenvalue weighted by atomic mass is 10.2. The lowest BCUT2D eigenvalue weighted by Gasteiger charge is -2.14. The molecule has 19 heavy (non-hydrogen) atoms. The molecular formula is C14H19N3OS. The predicted octanol–water partition coefficient (Wildman–Crippen LogP) is 3.61. The first kappa shape index (κ1) is 13.7. The molecule has 4 nitrogen and oxygen atoms in total. The van der Waals surface area contributed by atoms with Gasteiger partial charge >= 0.3 is 0 Å². The van der Waals surface area contributed by atoms with E-state index in [2.05, 4.69) is 24.1 Å². The molecule has 0 bridgehead atoms. The minimum Gasteiger partial charge on any atom is -0.494 e. The third-order valence-corrected chi connectivity index (χ3v) is 3.73. The molecule has 2 aromatic rings. The number of nitrogens with two attached hydrogens (primary N) is 1. The van der Waals surface area contributed by atoms with Gasteiger partial charge in [0.1, 0.15) is 10.8 Å². The second-order valence-corrected chi connectivity index (χ2v) is 5.67. The zero-order valence-electron chi connectivity index (χ0n) is 11.4. The zero-order valence-corrected chi connectivity index (χ0v) is 12.3. The van der Waals surface area contributed by atoms with Crippen molar-refractivity contribution in [3.05, 3.63) is 34.3 Å². The fourth-order valence-electron chi connectivity index (χ4n) is 1.84. The number of rotatable bonds is 5. The van der Waals surface area contributed by atoms with Crippen LogP contribution in [0.25, 0.3) is 0 Å². The summed E-state index contributed by atoms with van der Waals surface area (Å²) in [7, 11) is 0. The molecule has 1 unspecified atom stereocenters. The van der Waals surface area contributed by atoms with Gasteiger partial charge in [0.05, 0.1) is 12.6 Å². The SMILES string of the molecule is CCOc1cc(N)cc(NC(C)c2ncc(C)s2)c1. The van der Waals surface area contributed by atoms with Crippen LogP contribution in [0.1, 0.15) is 29.8 Å². The normalized spacial score (nSPS) is 12.2. The van der Waals surface area contributed by atoms with Crippen LogP contribution in [0.4, 0.5) is 11.4 Å². The second-order valence-electron chi connectivity index (χ2n) is 4.40. The van der Waals surface area contributed by atoms with Gasteiger partial charge in [0, 0.05) is 34.6 Å². The van der Waals surface area contributed by atoms with Crippen molar-refractivity contribution in [2.45, 2.75) is 26.8 Å². The van der Waals surface area contributed by atoms with Crippen molar-refractivity contribution in [2.24, 2.45) is 0 Å². The number of benzene rings is 1. The quantitative estimate of drug-likeness (QED) is 0.820. The smallest absolute Gasteiger partial charge is 0.123 e. The molecular weight excluding hydrogens is 258 g/mol. The third kappa shape index (κ3) is 3.61. The largest absolute Gasteiger partial charge is 0.494 e. The average molecular weight is 277 g/mol. The summed E-state index contributed by atoms with van der Waals surface area (Å²) >= 11 is 1.70. The summed E-state index contributed by atoms with van der Waals surface area (Å²) in [5, 5.41) is 4.47. The van der Waals surface area contributed by atoms with E-state index in [9.17, 15) is 0 Å². The molecule has 0 saturated carbocycles. The molecule has 1 aromatic heterocycles. The first-order chi connectivity index (χ1) is 9.08. The number of ether oxygens (including phenoxy) is 1. The van der Waals surface area contributed by atoms with Gasteiger partial charge in [0.2, 0.25) is 0 Å². The molecule has 1 heterocycles. The Balaban J connectivity index is 2.14. The van der Waals surface area contributed by atoms with Crippen LogP contribution in [0, 0.1) is 6.92 Å². The number of hydrogen-bond donors (Lipinski definition) is 2. The highest BCUT2D eigenvalue weighted by atomic mass is 32.1. The number of aryl methyl sites for hydroxylation is 1. The van der Waals surface area contributed by atoms with E-state index in [1.807, 2.05) is 31.3 Å². The maximum Gasteiger partial charge on any atom is 0.123 e. The lowest BCUT2D eigenvalue weighted by Crippen LogP contribution is -2.06. The number of thiazole rings is 1. The third-order valence-electron chi connectivity index (χ3n) is 2.63. The second kappa shape index (κ2) is 5.93. The Bertz CT molecular complexity index is 553. The highest BCUT2D eigenvalue weighted by Gasteiger charge is 2.10. The Hall–Kier alpha value is -1.75. The molecule has 0 saturated heterocycles. The van der Waals surface area contributed by atoms with Gasteiger partial charge in [0.15, 0.2) is 0 Å². The average Bonchev–Trinajstić information content (AvgIpc) is 2.75. The maximum absolute atomic E-state index is 5.88. The van der Waals surface area contributed by atoms with Crippen molar-refractivity contribution in [1.82, 2.24) is 4.98 Å². The summed E-state index contributed by atoms with van der Waals surface area (Å²) in [4.78, 5) is 5.60. The van der Waals surface area contributed by atoms with E-state index in [4.69, 9.17) is 10.5 Å². The van der Waals surface area contributed by atoms with Gasteiger partial charge in [-0.2, -0.15) is 0 Å². The van der Waals surface area contributed by atoms with Crippen LogP contribution < -0.4 is 15.8 Å². The molecule has 0 aliphatic heterocycles. The van der Waals surface area contributed by atoms with Crippen LogP contribution in [0.2, 0.25) is 0 Å². The summed E-state index contributed by atoms with van der Waals surface area (Å²) in [6.07, 6.45) is 1.89. The van der Waals surface area contributed by atoms with Gasteiger partial charge in [-0.25, -0.2) is 4.98 Å². The summed E-state index contributed by atoms with van der Waals surface area (Å²) in [6.45, 7) is 6.73. The number of aromatic nitrogens is 1. The fraction of sp³-hybridized carbons (Fsp3) is 0.357. The van der Waals surface area contributed by atoms with E-state index >= 15 is 0 Å². The highest BCUT2D eigenvalue weighted by Crippen LogP contribution is 2.27. The van der Waals surface area contributed by atoms with Crippen molar-refractivity contribution in [1.29, 1.82) is 0 Å². The summed E-state index contributed by atoms with van der Waals surface area (Å²) in [5.74, 6) is 0.785. The van der Waals surface area contributed by atoms with Crippen LogP contribution in [-0.2, 0) is 0 Å². The van der Waals surface area contributed by atoms with Crippen molar-refractivity contribution >= 4 is 22.7 Å². The van der Waals surface area contributed by atoms with E-state index in [-0.39, 0.29) is 6.04 Å². The molecule has 1 atom stereocenters. The Labute approximate surface area is 117 Å². The Kier molecular flexibility index (Phi) is 4.27. The van der Waals surface area contributed by atoms with Gasteiger partial charge in [0.25, 0.3) is 0 Å². The molecule has 0 radical (unpaired) electrons. The van der Waals surface area contributed by atoms with Gasteiger partial charge in [-0.3, -0.25) is 0 Å². The lowest BCUT2D eigenvalue weighted by molar-refractivity contribution is 0.340. The highest BCUT2D eigenvalue weighted by molar-refractivity contribution is 7.11. The number of hydrogen-bond acceptors (Lipinski definition) is 5. The molecule has 2 rings (SSSR count). The van der Waals surface area contributed by atoms with E-state index in [0.717, 1.165) is 16.4 Å².